The van der Waals surface area contributed by atoms with E-state index >= 15 is 0 Å². The number of ether oxygens (including phenoxy) is 1. The maximum Gasteiger partial charge on any atom is 0.336 e. The highest BCUT2D eigenvalue weighted by molar-refractivity contribution is 6.06. The molecule has 36 heavy (non-hydrogen) atoms. The molecule has 9 nitrogen and oxygen atoms in total. The fourth-order valence-corrected chi connectivity index (χ4v) is 4.59. The van der Waals surface area contributed by atoms with Gasteiger partial charge >= 0.3 is 5.97 Å². The second kappa shape index (κ2) is 9.27. The molecular weight excluding hydrogens is 462 g/mol. The maximum atomic E-state index is 12.3. The minimum atomic E-state index is -0.991. The van der Waals surface area contributed by atoms with Crippen LogP contribution in [0.5, 0.6) is 5.75 Å². The zero-order valence-corrected chi connectivity index (χ0v) is 19.7. The average Bonchev–Trinajstić information content (AvgIpc) is 3.34. The molecule has 0 saturated carbocycles. The average molecular weight is 485 g/mol. The lowest BCUT2D eigenvalue weighted by atomic mass is 9.92. The molecule has 2 aromatic heterocycles. The molecule has 4 aromatic rings. The molecule has 9 heteroatoms. The zero-order valence-electron chi connectivity index (χ0n) is 19.7. The molecule has 0 radical (unpaired) electrons. The van der Waals surface area contributed by atoms with E-state index in [1.165, 1.54) is 13.2 Å². The molecule has 0 amide bonds. The molecule has 0 atom stereocenters. The second-order valence-corrected chi connectivity index (χ2v) is 8.45. The normalized spacial score (nSPS) is 14.7. The molecule has 1 aliphatic heterocycles. The van der Waals surface area contributed by atoms with Gasteiger partial charge in [0.25, 0.3) is 5.69 Å². The van der Waals surface area contributed by atoms with Crippen molar-refractivity contribution in [3.8, 4) is 17.1 Å². The third kappa shape index (κ3) is 4.09. The van der Waals surface area contributed by atoms with Crippen molar-refractivity contribution in [3.63, 3.8) is 0 Å². The van der Waals surface area contributed by atoms with Gasteiger partial charge in [-0.1, -0.05) is 25.1 Å². The predicted octanol–water partition coefficient (Wildman–Crippen LogP) is 5.49. The Labute approximate surface area is 206 Å². The Bertz CT molecular complexity index is 1540. The summed E-state index contributed by atoms with van der Waals surface area (Å²) in [4.78, 5) is 30.4. The second-order valence-electron chi connectivity index (χ2n) is 8.45. The smallest absolute Gasteiger partial charge is 0.336 e. The van der Waals surface area contributed by atoms with Crippen molar-refractivity contribution in [1.29, 1.82) is 0 Å². The van der Waals surface area contributed by atoms with Crippen LogP contribution in [-0.2, 0) is 6.54 Å². The van der Waals surface area contributed by atoms with Gasteiger partial charge in [0.1, 0.15) is 17.3 Å². The van der Waals surface area contributed by atoms with Gasteiger partial charge in [0.2, 0.25) is 0 Å². The lowest BCUT2D eigenvalue weighted by molar-refractivity contribution is -0.384. The highest BCUT2D eigenvalue weighted by Crippen LogP contribution is 2.37. The standard InChI is InChI=1S/C27H23N3O6/c1-3-29-14-16(26-21(15-29)25(27(31)32)19-6-4-5-7-22(19)28-26)12-18-9-11-24(36-18)20-10-8-17(35-2)13-23(20)30(33)34/h4-13H,3,14-15H2,1-2H3,(H,31,32). The number of pyridine rings is 1. The van der Waals surface area contributed by atoms with Crippen LogP contribution in [-0.4, -0.2) is 46.1 Å². The first-order chi connectivity index (χ1) is 17.4. The maximum absolute atomic E-state index is 12.3. The number of hydrogen-bond acceptors (Lipinski definition) is 7. The Balaban J connectivity index is 1.63. The van der Waals surface area contributed by atoms with E-state index in [0.717, 1.165) is 12.1 Å². The number of rotatable bonds is 6. The summed E-state index contributed by atoms with van der Waals surface area (Å²) in [5, 5.41) is 22.3. The largest absolute Gasteiger partial charge is 0.497 e. The number of para-hydroxylation sites is 1. The summed E-state index contributed by atoms with van der Waals surface area (Å²) in [5.41, 5.74) is 3.19. The fraction of sp³-hybridized carbons (Fsp3) is 0.185. The highest BCUT2D eigenvalue weighted by Gasteiger charge is 2.28. The molecule has 1 N–H and O–H groups in total. The summed E-state index contributed by atoms with van der Waals surface area (Å²) in [6, 6.07) is 15.2. The number of nitro groups is 1. The third-order valence-corrected chi connectivity index (χ3v) is 6.34. The van der Waals surface area contributed by atoms with Crippen LogP contribution in [0.25, 0.3) is 33.9 Å². The van der Waals surface area contributed by atoms with E-state index in [0.29, 0.717) is 58.1 Å². The van der Waals surface area contributed by atoms with Crippen LogP contribution in [0.2, 0.25) is 0 Å². The molecule has 0 unspecified atom stereocenters. The molecule has 182 valence electrons. The first-order valence-electron chi connectivity index (χ1n) is 11.4. The van der Waals surface area contributed by atoms with Gasteiger partial charge in [-0.25, -0.2) is 9.78 Å². The fourth-order valence-electron chi connectivity index (χ4n) is 4.59. The number of fused-ring (bicyclic) bond motifs is 2. The van der Waals surface area contributed by atoms with Crippen LogP contribution in [0.15, 0.2) is 59.0 Å². The highest BCUT2D eigenvalue weighted by atomic mass is 16.6. The predicted molar refractivity (Wildman–Crippen MR) is 135 cm³/mol. The van der Waals surface area contributed by atoms with Gasteiger partial charge in [0.05, 0.1) is 40.4 Å². The van der Waals surface area contributed by atoms with Crippen molar-refractivity contribution >= 4 is 34.2 Å². The Morgan fingerprint density at radius 1 is 1.22 bits per heavy atom. The van der Waals surface area contributed by atoms with E-state index in [9.17, 15) is 20.0 Å². The number of likely N-dealkylation sites (N-methyl/N-ethyl adjacent to an activating group) is 1. The molecular formula is C27H23N3O6. The van der Waals surface area contributed by atoms with Crippen molar-refractivity contribution in [2.45, 2.75) is 13.5 Å². The van der Waals surface area contributed by atoms with Gasteiger partial charge in [0, 0.05) is 24.0 Å². The van der Waals surface area contributed by atoms with Crippen LogP contribution < -0.4 is 4.74 Å². The molecule has 3 heterocycles. The summed E-state index contributed by atoms with van der Waals surface area (Å²) >= 11 is 0. The van der Waals surface area contributed by atoms with E-state index in [2.05, 4.69) is 4.90 Å². The van der Waals surface area contributed by atoms with Crippen LogP contribution in [0.3, 0.4) is 0 Å². The monoisotopic (exact) mass is 485 g/mol. The SMILES string of the molecule is CCN1CC(=Cc2ccc(-c3ccc(OC)cc3[N+](=O)[O-])o2)c2nc3ccccc3c(C(=O)O)c2C1. The Hall–Kier alpha value is -4.50. The third-order valence-electron chi connectivity index (χ3n) is 6.34. The van der Waals surface area contributed by atoms with Crippen molar-refractivity contribution < 1.29 is 24.0 Å². The minimum Gasteiger partial charge on any atom is -0.497 e. The first kappa shape index (κ1) is 23.3. The molecule has 5 rings (SSSR count). The lowest BCUT2D eigenvalue weighted by Gasteiger charge is -2.30. The van der Waals surface area contributed by atoms with Crippen molar-refractivity contribution in [3.05, 3.63) is 87.3 Å². The molecule has 0 fully saturated rings. The van der Waals surface area contributed by atoms with Gasteiger partial charge in [-0.3, -0.25) is 15.0 Å². The zero-order chi connectivity index (χ0) is 25.4. The van der Waals surface area contributed by atoms with Crippen LogP contribution >= 0.6 is 0 Å². The quantitative estimate of drug-likeness (QED) is 0.281. The summed E-state index contributed by atoms with van der Waals surface area (Å²) in [6.07, 6.45) is 1.83. The first-order valence-corrected chi connectivity index (χ1v) is 11.4. The Morgan fingerprint density at radius 2 is 2.03 bits per heavy atom. The Morgan fingerprint density at radius 3 is 2.75 bits per heavy atom. The van der Waals surface area contributed by atoms with Crippen LogP contribution in [0.1, 0.15) is 34.3 Å². The van der Waals surface area contributed by atoms with Gasteiger partial charge in [-0.2, -0.15) is 0 Å². The number of benzene rings is 2. The molecule has 2 aromatic carbocycles. The number of carboxylic acids is 1. The topological polar surface area (TPSA) is 119 Å². The molecule has 0 spiro atoms. The summed E-state index contributed by atoms with van der Waals surface area (Å²) in [7, 11) is 1.45. The number of nitrogens with zero attached hydrogens (tertiary/aromatic N) is 3. The molecule has 0 aliphatic carbocycles. The van der Waals surface area contributed by atoms with Gasteiger partial charge in [-0.15, -0.1) is 0 Å². The van der Waals surface area contributed by atoms with Crippen LogP contribution in [0.4, 0.5) is 5.69 Å². The van der Waals surface area contributed by atoms with Gasteiger partial charge in [-0.05, 0) is 48.5 Å². The summed E-state index contributed by atoms with van der Waals surface area (Å²) in [6.45, 7) is 3.78. The number of carboxylic acid groups (broad SMARTS) is 1. The van der Waals surface area contributed by atoms with Gasteiger partial charge < -0.3 is 14.3 Å². The van der Waals surface area contributed by atoms with E-state index in [1.54, 1.807) is 36.4 Å². The lowest BCUT2D eigenvalue weighted by Crippen LogP contribution is -2.31. The summed E-state index contributed by atoms with van der Waals surface area (Å²) in [5.74, 6) is 0.220. The van der Waals surface area contributed by atoms with E-state index < -0.39 is 10.9 Å². The number of furan rings is 1. The number of carbonyl (C=O) groups is 1. The van der Waals surface area contributed by atoms with E-state index in [4.69, 9.17) is 14.1 Å². The molecule has 0 bridgehead atoms. The molecule has 0 saturated heterocycles. The van der Waals surface area contributed by atoms with Crippen molar-refractivity contribution in [2.24, 2.45) is 0 Å². The number of hydrogen-bond donors (Lipinski definition) is 1. The Kier molecular flexibility index (Phi) is 5.99. The van der Waals surface area contributed by atoms with E-state index in [-0.39, 0.29) is 11.3 Å². The van der Waals surface area contributed by atoms with E-state index in [1.807, 2.05) is 25.1 Å². The van der Waals surface area contributed by atoms with Crippen molar-refractivity contribution in [2.75, 3.05) is 20.2 Å². The summed E-state index contributed by atoms with van der Waals surface area (Å²) < 4.78 is 11.1. The van der Waals surface area contributed by atoms with Gasteiger partial charge in [0.15, 0.2) is 0 Å². The number of nitro benzene ring substituents is 1. The number of aromatic carboxylic acids is 1. The number of methoxy groups -OCH3 is 1. The number of aromatic nitrogens is 1. The van der Waals surface area contributed by atoms with Crippen molar-refractivity contribution in [1.82, 2.24) is 9.88 Å². The molecule has 1 aliphatic rings. The minimum absolute atomic E-state index is 0.123. The van der Waals surface area contributed by atoms with Crippen LogP contribution in [0, 0.1) is 10.1 Å².